The molecule has 0 fully saturated rings. The molecule has 1 N–H and O–H groups in total. The van der Waals surface area contributed by atoms with Gasteiger partial charge in [0.15, 0.2) is 5.82 Å². The minimum absolute atomic E-state index is 0.161. The lowest BCUT2D eigenvalue weighted by Crippen LogP contribution is -2.13. The fourth-order valence-electron chi connectivity index (χ4n) is 1.60. The summed E-state index contributed by atoms with van der Waals surface area (Å²) in [7, 11) is 1.76. The smallest absolute Gasteiger partial charge is 0.166 e. The van der Waals surface area contributed by atoms with E-state index in [1.165, 1.54) is 16.8 Å². The number of nitrogens with one attached hydrogen (secondary N) is 1. The summed E-state index contributed by atoms with van der Waals surface area (Å²) in [5, 5.41) is 7.03. The third-order valence-electron chi connectivity index (χ3n) is 2.36. The molecule has 96 valence electrons. The summed E-state index contributed by atoms with van der Waals surface area (Å²) in [6, 6.07) is 2.52. The molecule has 4 nitrogen and oxygen atoms in total. The van der Waals surface area contributed by atoms with Gasteiger partial charge in [-0.05, 0) is 42.0 Å². The molecule has 1 aromatic carbocycles. The van der Waals surface area contributed by atoms with Crippen LogP contribution in [0.3, 0.4) is 0 Å². The van der Waals surface area contributed by atoms with Crippen molar-refractivity contribution in [3.8, 4) is 5.69 Å². The van der Waals surface area contributed by atoms with Crippen LogP contribution in [0.25, 0.3) is 5.69 Å². The van der Waals surface area contributed by atoms with Gasteiger partial charge in [-0.25, -0.2) is 18.4 Å². The Morgan fingerprint density at radius 2 is 2.11 bits per heavy atom. The van der Waals surface area contributed by atoms with Crippen LogP contribution in [0.2, 0.25) is 0 Å². The first-order chi connectivity index (χ1) is 8.54. The molecule has 0 aliphatic heterocycles. The maximum absolute atomic E-state index is 14.0. The summed E-state index contributed by atoms with van der Waals surface area (Å²) < 4.78 is 28.3. The quantitative estimate of drug-likeness (QED) is 0.884. The number of rotatable bonds is 3. The van der Waals surface area contributed by atoms with Crippen LogP contribution in [0.4, 0.5) is 8.78 Å². The lowest BCUT2D eigenvalue weighted by molar-refractivity contribution is 0.558. The van der Waals surface area contributed by atoms with Crippen LogP contribution in [0.15, 0.2) is 16.6 Å². The molecule has 0 unspecified atom stereocenters. The first-order valence-electron chi connectivity index (χ1n) is 5.25. The standard InChI is InChI=1S/C11H11BrF2N4/c1-6-16-9(5-15-2)18(17-6)8-4-3-7(13)10(12)11(8)14/h3-4,15H,5H2,1-2H3. The predicted octanol–water partition coefficient (Wildman–Crippen LogP) is 2.34. The average molecular weight is 317 g/mol. The van der Waals surface area contributed by atoms with Crippen molar-refractivity contribution in [1.29, 1.82) is 0 Å². The topological polar surface area (TPSA) is 42.7 Å². The first kappa shape index (κ1) is 13.1. The van der Waals surface area contributed by atoms with E-state index < -0.39 is 11.6 Å². The molecule has 1 heterocycles. The predicted molar refractivity (Wildman–Crippen MR) is 66.5 cm³/mol. The van der Waals surface area contributed by atoms with Crippen molar-refractivity contribution in [2.24, 2.45) is 0 Å². The van der Waals surface area contributed by atoms with E-state index in [1.54, 1.807) is 14.0 Å². The Bertz CT molecular complexity index is 583. The van der Waals surface area contributed by atoms with Gasteiger partial charge >= 0.3 is 0 Å². The minimum atomic E-state index is -0.697. The lowest BCUT2D eigenvalue weighted by Gasteiger charge is -2.08. The van der Waals surface area contributed by atoms with Crippen LogP contribution < -0.4 is 5.32 Å². The van der Waals surface area contributed by atoms with Crippen LogP contribution in [-0.4, -0.2) is 21.8 Å². The van der Waals surface area contributed by atoms with Crippen LogP contribution in [0.1, 0.15) is 11.6 Å². The third-order valence-corrected chi connectivity index (χ3v) is 3.08. The summed E-state index contributed by atoms with van der Waals surface area (Å²) in [5.41, 5.74) is 0.161. The Labute approximate surface area is 111 Å². The van der Waals surface area contributed by atoms with E-state index in [0.717, 1.165) is 0 Å². The summed E-state index contributed by atoms with van der Waals surface area (Å²) >= 11 is 2.87. The van der Waals surface area contributed by atoms with Crippen LogP contribution in [0, 0.1) is 18.6 Å². The normalized spacial score (nSPS) is 10.9. The first-order valence-corrected chi connectivity index (χ1v) is 6.05. The monoisotopic (exact) mass is 316 g/mol. The average Bonchev–Trinajstić information content (AvgIpc) is 2.68. The zero-order valence-electron chi connectivity index (χ0n) is 9.84. The van der Waals surface area contributed by atoms with E-state index in [-0.39, 0.29) is 10.2 Å². The lowest BCUT2D eigenvalue weighted by atomic mass is 10.3. The van der Waals surface area contributed by atoms with Gasteiger partial charge < -0.3 is 5.32 Å². The highest BCUT2D eigenvalue weighted by atomic mass is 79.9. The number of halogens is 3. The van der Waals surface area contributed by atoms with Gasteiger partial charge in [0.1, 0.15) is 23.2 Å². The highest BCUT2D eigenvalue weighted by molar-refractivity contribution is 9.10. The van der Waals surface area contributed by atoms with Crippen molar-refractivity contribution in [2.45, 2.75) is 13.5 Å². The number of nitrogens with zero attached hydrogens (tertiary/aromatic N) is 3. The highest BCUT2D eigenvalue weighted by Crippen LogP contribution is 2.25. The van der Waals surface area contributed by atoms with Gasteiger partial charge in [-0.3, -0.25) is 0 Å². The van der Waals surface area contributed by atoms with Crippen LogP contribution in [0.5, 0.6) is 0 Å². The number of hydrogen-bond acceptors (Lipinski definition) is 3. The molecular weight excluding hydrogens is 306 g/mol. The molecular formula is C11H11BrF2N4. The summed E-state index contributed by atoms with van der Waals surface area (Å²) in [5.74, 6) is -0.256. The Balaban J connectivity index is 2.58. The fraction of sp³-hybridized carbons (Fsp3) is 0.273. The second-order valence-corrected chi connectivity index (χ2v) is 4.50. The van der Waals surface area contributed by atoms with Crippen molar-refractivity contribution >= 4 is 15.9 Å². The van der Waals surface area contributed by atoms with E-state index in [2.05, 4.69) is 31.3 Å². The maximum Gasteiger partial charge on any atom is 0.166 e. The molecule has 0 amide bonds. The van der Waals surface area contributed by atoms with Gasteiger partial charge in [0.05, 0.1) is 11.0 Å². The summed E-state index contributed by atoms with van der Waals surface area (Å²) in [4.78, 5) is 4.18. The zero-order chi connectivity index (χ0) is 13.3. The molecule has 1 aromatic heterocycles. The van der Waals surface area contributed by atoms with Gasteiger partial charge in [-0.2, -0.15) is 5.10 Å². The van der Waals surface area contributed by atoms with Crippen molar-refractivity contribution in [3.05, 3.63) is 39.9 Å². The Morgan fingerprint density at radius 1 is 1.39 bits per heavy atom. The Morgan fingerprint density at radius 3 is 2.78 bits per heavy atom. The summed E-state index contributed by atoms with van der Waals surface area (Å²) in [6.45, 7) is 2.15. The van der Waals surface area contributed by atoms with Gasteiger partial charge in [-0.15, -0.1) is 0 Å². The van der Waals surface area contributed by atoms with Crippen molar-refractivity contribution in [1.82, 2.24) is 20.1 Å². The molecule has 0 aliphatic carbocycles. The van der Waals surface area contributed by atoms with Gasteiger partial charge in [0.2, 0.25) is 0 Å². The van der Waals surface area contributed by atoms with Gasteiger partial charge in [0, 0.05) is 0 Å². The molecule has 0 spiro atoms. The molecule has 2 aromatic rings. The van der Waals surface area contributed by atoms with Crippen LogP contribution >= 0.6 is 15.9 Å². The van der Waals surface area contributed by atoms with E-state index in [4.69, 9.17) is 0 Å². The number of hydrogen-bond donors (Lipinski definition) is 1. The molecule has 0 saturated carbocycles. The molecule has 18 heavy (non-hydrogen) atoms. The van der Waals surface area contributed by atoms with Gasteiger partial charge in [0.25, 0.3) is 0 Å². The van der Waals surface area contributed by atoms with E-state index in [1.807, 2.05) is 0 Å². The largest absolute Gasteiger partial charge is 0.313 e. The second kappa shape index (κ2) is 5.11. The maximum atomic E-state index is 14.0. The molecule has 0 aliphatic rings. The molecule has 0 saturated heterocycles. The number of aryl methyl sites for hydroxylation is 1. The summed E-state index contributed by atoms with van der Waals surface area (Å²) in [6.07, 6.45) is 0. The number of aromatic nitrogens is 3. The number of benzene rings is 1. The molecule has 0 bridgehead atoms. The molecule has 0 radical (unpaired) electrons. The van der Waals surface area contributed by atoms with Crippen molar-refractivity contribution in [3.63, 3.8) is 0 Å². The third kappa shape index (κ3) is 2.28. The van der Waals surface area contributed by atoms with E-state index in [9.17, 15) is 8.78 Å². The zero-order valence-corrected chi connectivity index (χ0v) is 11.4. The minimum Gasteiger partial charge on any atom is -0.313 e. The fourth-order valence-corrected chi connectivity index (χ4v) is 1.94. The van der Waals surface area contributed by atoms with Crippen molar-refractivity contribution < 1.29 is 8.78 Å². The molecule has 2 rings (SSSR count). The molecule has 7 heteroatoms. The van der Waals surface area contributed by atoms with E-state index >= 15 is 0 Å². The van der Waals surface area contributed by atoms with E-state index in [0.29, 0.717) is 18.2 Å². The van der Waals surface area contributed by atoms with Gasteiger partial charge in [-0.1, -0.05) is 0 Å². The van der Waals surface area contributed by atoms with Crippen molar-refractivity contribution in [2.75, 3.05) is 7.05 Å². The SMILES string of the molecule is CNCc1nc(C)nn1-c1ccc(F)c(Br)c1F. The Hall–Kier alpha value is -1.34. The highest BCUT2D eigenvalue weighted by Gasteiger charge is 2.16. The van der Waals surface area contributed by atoms with Crippen LogP contribution in [-0.2, 0) is 6.54 Å². The Kier molecular flexibility index (Phi) is 3.72. The second-order valence-electron chi connectivity index (χ2n) is 3.71. The molecule has 0 atom stereocenters.